The Balaban J connectivity index is 1.93. The van der Waals surface area contributed by atoms with E-state index in [1.54, 1.807) is 25.3 Å². The molecule has 11 heteroatoms. The summed E-state index contributed by atoms with van der Waals surface area (Å²) >= 11 is 0. The van der Waals surface area contributed by atoms with Crippen LogP contribution in [0.2, 0.25) is 0 Å². The van der Waals surface area contributed by atoms with E-state index in [1.165, 1.54) is 24.4 Å². The molecule has 0 saturated heterocycles. The van der Waals surface area contributed by atoms with Gasteiger partial charge in [0.2, 0.25) is 0 Å². The van der Waals surface area contributed by atoms with Crippen molar-refractivity contribution >= 4 is 27.4 Å². The van der Waals surface area contributed by atoms with Crippen LogP contribution in [-0.4, -0.2) is 30.2 Å². The largest absolute Gasteiger partial charge is 0.416 e. The first-order valence-electron chi connectivity index (χ1n) is 9.48. The predicted molar refractivity (Wildman–Crippen MR) is 114 cm³/mol. The number of urea groups is 1. The zero-order valence-corrected chi connectivity index (χ0v) is 17.7. The lowest BCUT2D eigenvalue weighted by molar-refractivity contribution is -0.137. The Morgan fingerprint density at radius 3 is 2.50 bits per heavy atom. The minimum absolute atomic E-state index is 0.0134. The average Bonchev–Trinajstić information content (AvgIpc) is 2.74. The molecule has 2 heterocycles. The first-order chi connectivity index (χ1) is 15.1. The fraction of sp³-hybridized carbons (Fsp3) is 0.190. The SMILES string of the molecule is CCCS(=O)(=O)c1ccc(-c2cccnc2)c(NC(=O)Nc2cc(C(F)(F)F)ccn2)c1. The third-order valence-electron chi connectivity index (χ3n) is 4.37. The van der Waals surface area contributed by atoms with Gasteiger partial charge >= 0.3 is 12.2 Å². The van der Waals surface area contributed by atoms with Gasteiger partial charge in [0.25, 0.3) is 0 Å². The van der Waals surface area contributed by atoms with E-state index in [2.05, 4.69) is 20.6 Å². The maximum absolute atomic E-state index is 12.9. The lowest BCUT2D eigenvalue weighted by atomic mass is 10.1. The molecule has 3 rings (SSSR count). The second-order valence-electron chi connectivity index (χ2n) is 6.77. The number of amides is 2. The molecule has 0 aliphatic rings. The normalized spacial score (nSPS) is 11.8. The highest BCUT2D eigenvalue weighted by molar-refractivity contribution is 7.91. The molecule has 7 nitrogen and oxygen atoms in total. The number of hydrogen-bond donors (Lipinski definition) is 2. The van der Waals surface area contributed by atoms with Crippen molar-refractivity contribution < 1.29 is 26.4 Å². The molecule has 0 aliphatic heterocycles. The van der Waals surface area contributed by atoms with Crippen molar-refractivity contribution in [2.45, 2.75) is 24.4 Å². The fourth-order valence-electron chi connectivity index (χ4n) is 2.93. The Labute approximate surface area is 182 Å². The maximum atomic E-state index is 12.9. The number of nitrogens with zero attached hydrogens (tertiary/aromatic N) is 2. The van der Waals surface area contributed by atoms with Crippen molar-refractivity contribution in [2.24, 2.45) is 0 Å². The van der Waals surface area contributed by atoms with Crippen LogP contribution in [-0.2, 0) is 16.0 Å². The first kappa shape index (κ1) is 23.2. The average molecular weight is 464 g/mol. The van der Waals surface area contributed by atoms with Gasteiger partial charge in [-0.2, -0.15) is 13.2 Å². The predicted octanol–water partition coefficient (Wildman–Crippen LogP) is 4.99. The molecule has 0 aliphatic carbocycles. The van der Waals surface area contributed by atoms with Crippen molar-refractivity contribution in [1.29, 1.82) is 0 Å². The number of pyridine rings is 2. The Morgan fingerprint density at radius 2 is 1.84 bits per heavy atom. The molecule has 0 unspecified atom stereocenters. The maximum Gasteiger partial charge on any atom is 0.416 e. The van der Waals surface area contributed by atoms with Crippen molar-refractivity contribution in [2.75, 3.05) is 16.4 Å². The van der Waals surface area contributed by atoms with Crippen LogP contribution in [0.1, 0.15) is 18.9 Å². The Hall–Kier alpha value is -3.47. The summed E-state index contributed by atoms with van der Waals surface area (Å²) in [5, 5.41) is 4.75. The Kier molecular flexibility index (Phi) is 6.78. The molecule has 0 bridgehead atoms. The molecule has 0 saturated carbocycles. The summed E-state index contributed by atoms with van der Waals surface area (Å²) < 4.78 is 63.6. The number of halogens is 3. The topological polar surface area (TPSA) is 101 Å². The standard InChI is InChI=1S/C21H19F3N4O3S/c1-2-10-32(30,31)16-5-6-17(14-4-3-8-25-13-14)18(12-16)27-20(29)28-19-11-15(7-9-26-19)21(22,23)24/h3-9,11-13H,2,10H2,1H3,(H2,26,27,28,29). The zero-order valence-electron chi connectivity index (χ0n) is 16.8. The van der Waals surface area contributed by atoms with Crippen LogP contribution in [0.5, 0.6) is 0 Å². The van der Waals surface area contributed by atoms with Crippen LogP contribution in [0, 0.1) is 0 Å². The molecule has 2 aromatic heterocycles. The number of carbonyl (C=O) groups excluding carboxylic acids is 1. The number of sulfone groups is 1. The quantitative estimate of drug-likeness (QED) is 0.535. The van der Waals surface area contributed by atoms with E-state index in [9.17, 15) is 26.4 Å². The van der Waals surface area contributed by atoms with Crippen molar-refractivity contribution in [3.05, 3.63) is 66.6 Å². The highest BCUT2D eigenvalue weighted by atomic mass is 32.2. The first-order valence-corrected chi connectivity index (χ1v) is 11.1. The van der Waals surface area contributed by atoms with Crippen LogP contribution >= 0.6 is 0 Å². The van der Waals surface area contributed by atoms with Gasteiger partial charge < -0.3 is 5.32 Å². The van der Waals surface area contributed by atoms with Crippen LogP contribution in [0.15, 0.2) is 66.0 Å². The summed E-state index contributed by atoms with van der Waals surface area (Å²) in [7, 11) is -3.57. The van der Waals surface area contributed by atoms with E-state index in [1.807, 2.05) is 0 Å². The van der Waals surface area contributed by atoms with Crippen molar-refractivity contribution in [3.8, 4) is 11.1 Å². The van der Waals surface area contributed by atoms with Gasteiger partial charge in [-0.15, -0.1) is 0 Å². The van der Waals surface area contributed by atoms with Crippen LogP contribution < -0.4 is 10.6 Å². The molecule has 0 radical (unpaired) electrons. The highest BCUT2D eigenvalue weighted by Gasteiger charge is 2.31. The van der Waals surface area contributed by atoms with Crippen molar-refractivity contribution in [3.63, 3.8) is 0 Å². The lowest BCUT2D eigenvalue weighted by Crippen LogP contribution is -2.21. The third-order valence-corrected chi connectivity index (χ3v) is 6.29. The molecule has 0 fully saturated rings. The summed E-state index contributed by atoms with van der Waals surface area (Å²) in [5.74, 6) is -0.381. The van der Waals surface area contributed by atoms with Gasteiger partial charge in [-0.05, 0) is 36.8 Å². The minimum Gasteiger partial charge on any atom is -0.307 e. The fourth-order valence-corrected chi connectivity index (χ4v) is 4.27. The smallest absolute Gasteiger partial charge is 0.307 e. The van der Waals surface area contributed by atoms with Gasteiger partial charge in [0.1, 0.15) is 5.82 Å². The number of nitrogens with one attached hydrogen (secondary N) is 2. The summed E-state index contributed by atoms with van der Waals surface area (Å²) in [6, 6.07) is 8.28. The Bertz CT molecular complexity index is 1220. The van der Waals surface area contributed by atoms with Crippen LogP contribution in [0.4, 0.5) is 29.5 Å². The number of benzene rings is 1. The molecule has 2 N–H and O–H groups in total. The van der Waals surface area contributed by atoms with Gasteiger partial charge in [0.15, 0.2) is 9.84 Å². The molecular formula is C21H19F3N4O3S. The van der Waals surface area contributed by atoms with Gasteiger partial charge in [-0.25, -0.2) is 18.2 Å². The van der Waals surface area contributed by atoms with Crippen LogP contribution in [0.3, 0.4) is 0 Å². The molecule has 2 amide bonds. The second-order valence-corrected chi connectivity index (χ2v) is 8.88. The van der Waals surface area contributed by atoms with Gasteiger partial charge in [-0.1, -0.05) is 19.1 Å². The van der Waals surface area contributed by atoms with E-state index in [0.717, 1.165) is 12.3 Å². The molecular weight excluding hydrogens is 445 g/mol. The van der Waals surface area contributed by atoms with Crippen LogP contribution in [0.25, 0.3) is 11.1 Å². The molecule has 168 valence electrons. The molecule has 1 aromatic carbocycles. The van der Waals surface area contributed by atoms with Gasteiger partial charge in [0.05, 0.1) is 21.9 Å². The number of aromatic nitrogens is 2. The number of anilines is 2. The van der Waals surface area contributed by atoms with Gasteiger partial charge in [-0.3, -0.25) is 10.3 Å². The summed E-state index contributed by atoms with van der Waals surface area (Å²) in [5.41, 5.74) is 0.284. The molecule has 3 aromatic rings. The number of alkyl halides is 3. The Morgan fingerprint density at radius 1 is 1.06 bits per heavy atom. The summed E-state index contributed by atoms with van der Waals surface area (Å²) in [6.45, 7) is 1.73. The zero-order chi connectivity index (χ0) is 23.4. The van der Waals surface area contributed by atoms with E-state index in [-0.39, 0.29) is 22.2 Å². The van der Waals surface area contributed by atoms with E-state index in [4.69, 9.17) is 0 Å². The van der Waals surface area contributed by atoms with Gasteiger partial charge in [0, 0.05) is 29.7 Å². The monoisotopic (exact) mass is 464 g/mol. The minimum atomic E-state index is -4.59. The number of hydrogen-bond acceptors (Lipinski definition) is 5. The molecule has 0 spiro atoms. The van der Waals surface area contributed by atoms with E-state index in [0.29, 0.717) is 23.6 Å². The molecule has 32 heavy (non-hydrogen) atoms. The number of rotatable bonds is 6. The second kappa shape index (κ2) is 9.35. The van der Waals surface area contributed by atoms with E-state index >= 15 is 0 Å². The third kappa shape index (κ3) is 5.61. The number of carbonyl (C=O) groups is 1. The molecule has 0 atom stereocenters. The summed E-state index contributed by atoms with van der Waals surface area (Å²) in [6.07, 6.45) is -0.157. The lowest BCUT2D eigenvalue weighted by Gasteiger charge is -2.14. The van der Waals surface area contributed by atoms with E-state index < -0.39 is 27.6 Å². The van der Waals surface area contributed by atoms with Crippen molar-refractivity contribution in [1.82, 2.24) is 9.97 Å². The highest BCUT2D eigenvalue weighted by Crippen LogP contribution is 2.32. The summed E-state index contributed by atoms with van der Waals surface area (Å²) in [4.78, 5) is 20.3.